The van der Waals surface area contributed by atoms with Gasteiger partial charge in [0.2, 0.25) is 18.6 Å². The maximum absolute atomic E-state index is 14.1. The van der Waals surface area contributed by atoms with Crippen molar-refractivity contribution in [2.75, 3.05) is 18.8 Å². The lowest BCUT2D eigenvalue weighted by molar-refractivity contribution is -0.152. The van der Waals surface area contributed by atoms with Gasteiger partial charge in [0.15, 0.2) is 17.0 Å². The molecule has 2 N–H and O–H groups in total. The van der Waals surface area contributed by atoms with Crippen molar-refractivity contribution in [2.24, 2.45) is 11.8 Å². The summed E-state index contributed by atoms with van der Waals surface area (Å²) in [6.45, 7) is 0.0538. The third kappa shape index (κ3) is 3.02. The molecule has 3 aliphatic rings. The first-order chi connectivity index (χ1) is 17.5. The van der Waals surface area contributed by atoms with Crippen molar-refractivity contribution in [3.63, 3.8) is 0 Å². The van der Waals surface area contributed by atoms with E-state index in [2.05, 4.69) is 5.32 Å². The number of phenols is 1. The van der Waals surface area contributed by atoms with Gasteiger partial charge in [-0.05, 0) is 35.4 Å². The maximum atomic E-state index is 14.1. The van der Waals surface area contributed by atoms with Gasteiger partial charge in [0.05, 0.1) is 24.6 Å². The molecule has 2 fully saturated rings. The van der Waals surface area contributed by atoms with E-state index >= 15 is 0 Å². The van der Waals surface area contributed by atoms with Crippen molar-refractivity contribution in [3.05, 3.63) is 83.9 Å². The Morgan fingerprint density at radius 1 is 1.00 bits per heavy atom. The number of carbonyl (C=O) groups is 3. The van der Waals surface area contributed by atoms with Gasteiger partial charge in [0, 0.05) is 12.1 Å². The van der Waals surface area contributed by atoms with Gasteiger partial charge in [-0.15, -0.1) is 0 Å². The van der Waals surface area contributed by atoms with Crippen LogP contribution in [0.2, 0.25) is 0 Å². The molecule has 0 aromatic heterocycles. The van der Waals surface area contributed by atoms with Crippen LogP contribution in [0.15, 0.2) is 72.8 Å². The predicted octanol–water partition coefficient (Wildman–Crippen LogP) is 2.64. The molecule has 0 unspecified atom stereocenters. The van der Waals surface area contributed by atoms with Crippen molar-refractivity contribution >= 4 is 23.5 Å². The predicted molar refractivity (Wildman–Crippen MR) is 126 cm³/mol. The van der Waals surface area contributed by atoms with Crippen LogP contribution in [0.25, 0.3) is 0 Å². The number of aromatic hydroxyl groups is 1. The lowest BCUT2D eigenvalue weighted by Crippen LogP contribution is -2.53. The average Bonchev–Trinajstić information content (AvgIpc) is 3.58. The van der Waals surface area contributed by atoms with Gasteiger partial charge < -0.3 is 19.3 Å². The van der Waals surface area contributed by atoms with Crippen LogP contribution in [0.5, 0.6) is 17.2 Å². The molecular weight excluding hydrogens is 464 g/mol. The highest BCUT2D eigenvalue weighted by atomic mass is 16.7. The fraction of sp³-hybridized carbons (Fsp3) is 0.222. The molecule has 9 nitrogen and oxygen atoms in total. The van der Waals surface area contributed by atoms with Crippen molar-refractivity contribution in [2.45, 2.75) is 11.6 Å². The highest BCUT2D eigenvalue weighted by Crippen LogP contribution is 2.54. The molecular formula is C27H22N2O7. The molecule has 3 aromatic carbocycles. The van der Waals surface area contributed by atoms with Crippen LogP contribution >= 0.6 is 0 Å². The number of phenolic OH excluding ortho intramolecular Hbond substituents is 1. The van der Waals surface area contributed by atoms with Crippen LogP contribution in [-0.4, -0.2) is 36.8 Å². The van der Waals surface area contributed by atoms with Gasteiger partial charge in [-0.3, -0.25) is 14.9 Å². The number of fused-ring (bicyclic) bond motifs is 2. The van der Waals surface area contributed by atoms with E-state index in [1.165, 1.54) is 19.2 Å². The summed E-state index contributed by atoms with van der Waals surface area (Å²) >= 11 is 0. The van der Waals surface area contributed by atoms with Gasteiger partial charge in [0.1, 0.15) is 5.75 Å². The Morgan fingerprint density at radius 3 is 2.44 bits per heavy atom. The van der Waals surface area contributed by atoms with E-state index in [0.717, 1.165) is 4.90 Å². The van der Waals surface area contributed by atoms with Gasteiger partial charge in [-0.1, -0.05) is 42.5 Å². The van der Waals surface area contributed by atoms with Gasteiger partial charge in [-0.25, -0.2) is 9.69 Å². The van der Waals surface area contributed by atoms with Crippen molar-refractivity contribution < 1.29 is 33.7 Å². The number of nitrogens with one attached hydrogen (secondary N) is 1. The zero-order valence-corrected chi connectivity index (χ0v) is 19.2. The van der Waals surface area contributed by atoms with Crippen molar-refractivity contribution in [1.82, 2.24) is 5.32 Å². The second-order valence-electron chi connectivity index (χ2n) is 8.93. The average molecular weight is 486 g/mol. The van der Waals surface area contributed by atoms with Gasteiger partial charge in [0.25, 0.3) is 0 Å². The van der Waals surface area contributed by atoms with E-state index in [9.17, 15) is 19.5 Å². The molecule has 0 bridgehead atoms. The molecule has 2 saturated heterocycles. The Kier molecular flexibility index (Phi) is 4.97. The Morgan fingerprint density at radius 2 is 1.72 bits per heavy atom. The number of imide groups is 1. The largest absolute Gasteiger partial charge is 0.508 e. The Balaban J connectivity index is 1.53. The summed E-state index contributed by atoms with van der Waals surface area (Å²) in [4.78, 5) is 42.7. The molecule has 3 aliphatic heterocycles. The zero-order chi connectivity index (χ0) is 25.0. The third-order valence-corrected chi connectivity index (χ3v) is 7.16. The third-order valence-electron chi connectivity index (χ3n) is 7.16. The zero-order valence-electron chi connectivity index (χ0n) is 19.2. The second kappa shape index (κ2) is 8.10. The molecule has 4 atom stereocenters. The summed E-state index contributed by atoms with van der Waals surface area (Å²) in [5, 5.41) is 13.1. The topological polar surface area (TPSA) is 114 Å². The minimum Gasteiger partial charge on any atom is -0.508 e. The number of amides is 2. The van der Waals surface area contributed by atoms with Crippen LogP contribution in [0, 0.1) is 11.8 Å². The molecule has 0 aliphatic carbocycles. The van der Waals surface area contributed by atoms with E-state index in [1.54, 1.807) is 60.7 Å². The summed E-state index contributed by atoms with van der Waals surface area (Å²) in [6, 6.07) is 19.3. The lowest BCUT2D eigenvalue weighted by atomic mass is 9.75. The number of methoxy groups -OCH3 is 1. The van der Waals surface area contributed by atoms with E-state index in [1.807, 2.05) is 0 Å². The molecule has 3 aromatic rings. The number of benzene rings is 3. The molecule has 3 heterocycles. The smallest absolute Gasteiger partial charge is 0.331 e. The number of hydrogen-bond acceptors (Lipinski definition) is 8. The van der Waals surface area contributed by atoms with E-state index < -0.39 is 41.2 Å². The van der Waals surface area contributed by atoms with E-state index in [4.69, 9.17) is 14.2 Å². The van der Waals surface area contributed by atoms with Gasteiger partial charge in [-0.2, -0.15) is 0 Å². The summed E-state index contributed by atoms with van der Waals surface area (Å²) in [7, 11) is 1.26. The Hall–Kier alpha value is -4.37. The number of anilines is 1. The van der Waals surface area contributed by atoms with Crippen molar-refractivity contribution in [3.8, 4) is 17.2 Å². The normalized spacial score (nSPS) is 26.2. The first-order valence-electron chi connectivity index (χ1n) is 11.4. The molecule has 9 heteroatoms. The molecule has 0 spiro atoms. The van der Waals surface area contributed by atoms with Crippen LogP contribution in [0.1, 0.15) is 17.2 Å². The first-order valence-corrected chi connectivity index (χ1v) is 11.4. The maximum Gasteiger partial charge on any atom is 0.331 e. The Labute approximate surface area is 206 Å². The number of hydrogen-bond donors (Lipinski definition) is 2. The quantitative estimate of drug-likeness (QED) is 0.427. The molecule has 36 heavy (non-hydrogen) atoms. The van der Waals surface area contributed by atoms with Crippen LogP contribution in [0.4, 0.5) is 5.69 Å². The number of rotatable bonds is 4. The summed E-state index contributed by atoms with van der Waals surface area (Å²) in [5.41, 5.74) is -0.110. The van der Waals surface area contributed by atoms with E-state index in [-0.39, 0.29) is 12.5 Å². The summed E-state index contributed by atoms with van der Waals surface area (Å²) in [5.74, 6) is -2.61. The first kappa shape index (κ1) is 22.1. The monoisotopic (exact) mass is 486 g/mol. The summed E-state index contributed by atoms with van der Waals surface area (Å²) in [6.07, 6.45) is 0. The molecule has 0 saturated carbocycles. The van der Waals surface area contributed by atoms with Crippen LogP contribution < -0.4 is 19.7 Å². The lowest BCUT2D eigenvalue weighted by Gasteiger charge is -2.33. The van der Waals surface area contributed by atoms with Crippen LogP contribution in [0.3, 0.4) is 0 Å². The fourth-order valence-corrected chi connectivity index (χ4v) is 5.59. The molecule has 2 amide bonds. The van der Waals surface area contributed by atoms with Gasteiger partial charge >= 0.3 is 5.97 Å². The number of esters is 1. The molecule has 6 rings (SSSR count). The number of ether oxygens (including phenoxy) is 3. The second-order valence-corrected chi connectivity index (χ2v) is 8.93. The minimum atomic E-state index is -1.61. The number of nitrogens with zero attached hydrogens (tertiary/aromatic N) is 1. The van der Waals surface area contributed by atoms with Crippen molar-refractivity contribution in [1.29, 1.82) is 0 Å². The summed E-state index contributed by atoms with van der Waals surface area (Å²) < 4.78 is 16.0. The highest BCUT2D eigenvalue weighted by molar-refractivity contribution is 6.24. The molecule has 182 valence electrons. The van der Waals surface area contributed by atoms with E-state index in [0.29, 0.717) is 28.3 Å². The SMILES string of the molecule is COC(=O)[C@@]1(c2ccccc2)N[C@@H](c2ccc(O)cc2)[C@H]2C(=O)N(c3ccc4c(c3)OCO4)C(=O)[C@H]21. The molecule has 0 radical (unpaired) electrons. The van der Waals surface area contributed by atoms with Crippen LogP contribution in [-0.2, 0) is 24.7 Å². The fourth-order valence-electron chi connectivity index (χ4n) is 5.59. The highest BCUT2D eigenvalue weighted by Gasteiger charge is 2.69. The Bertz CT molecular complexity index is 1370. The minimum absolute atomic E-state index is 0.0538. The standard InChI is InChI=1S/C27H22N2O7/c1-34-26(33)27(16-5-3-2-4-6-16)22-21(23(28-27)15-7-10-18(30)11-8-15)24(31)29(25(22)32)17-9-12-19-20(13-17)36-14-35-19/h2-13,21-23,28,30H,14H2,1H3/t21-,22-,23-,27-/m0/s1. The number of carbonyl (C=O) groups excluding carboxylic acids is 3.